The van der Waals surface area contributed by atoms with Crippen molar-refractivity contribution < 1.29 is 8.78 Å². The van der Waals surface area contributed by atoms with Crippen LogP contribution in [0.5, 0.6) is 0 Å². The molecule has 0 bridgehead atoms. The quantitative estimate of drug-likeness (QED) is 0.844. The van der Waals surface area contributed by atoms with E-state index < -0.39 is 5.76 Å². The van der Waals surface area contributed by atoms with Crippen molar-refractivity contribution in [2.75, 3.05) is 18.9 Å². The molecule has 0 spiro atoms. The first kappa shape index (κ1) is 13.6. The number of thioether (sulfide) groups is 1. The fourth-order valence-corrected chi connectivity index (χ4v) is 2.91. The molecule has 1 aliphatic rings. The second kappa shape index (κ2) is 5.89. The summed E-state index contributed by atoms with van der Waals surface area (Å²) in [4.78, 5) is 2.90. The molecule has 18 heavy (non-hydrogen) atoms. The van der Waals surface area contributed by atoms with Crippen LogP contribution in [0, 0.1) is 0 Å². The lowest BCUT2D eigenvalue weighted by molar-refractivity contribution is 0.252. The Morgan fingerprint density at radius 2 is 2.11 bits per heavy atom. The lowest BCUT2D eigenvalue weighted by Crippen LogP contribution is -2.25. The summed E-state index contributed by atoms with van der Waals surface area (Å²) in [5.41, 5.74) is 0.815. The maximum atomic E-state index is 12.5. The van der Waals surface area contributed by atoms with Crippen LogP contribution in [-0.2, 0) is 0 Å². The van der Waals surface area contributed by atoms with Crippen LogP contribution in [0.3, 0.4) is 0 Å². The summed E-state index contributed by atoms with van der Waals surface area (Å²) in [5, 5.41) is 3.38. The van der Waals surface area contributed by atoms with E-state index in [4.69, 9.17) is 0 Å². The van der Waals surface area contributed by atoms with E-state index in [-0.39, 0.29) is 0 Å². The molecule has 1 saturated heterocycles. The van der Waals surface area contributed by atoms with Crippen LogP contribution >= 0.6 is 11.8 Å². The molecule has 2 rings (SSSR count). The summed E-state index contributed by atoms with van der Waals surface area (Å²) in [5.74, 6) is -2.38. The van der Waals surface area contributed by atoms with Crippen molar-refractivity contribution in [2.45, 2.75) is 36.1 Å². The van der Waals surface area contributed by atoms with Gasteiger partial charge >= 0.3 is 0 Å². The Kier molecular flexibility index (Phi) is 4.45. The van der Waals surface area contributed by atoms with Gasteiger partial charge in [-0.2, -0.15) is 8.78 Å². The number of halogens is 2. The minimum atomic E-state index is -2.38. The Labute approximate surface area is 111 Å². The molecular weight excluding hydrogens is 254 g/mol. The second-order valence-electron chi connectivity index (χ2n) is 4.74. The molecule has 5 heteroatoms. The van der Waals surface area contributed by atoms with E-state index in [0.29, 0.717) is 28.7 Å². The van der Waals surface area contributed by atoms with Crippen molar-refractivity contribution in [3.8, 4) is 0 Å². The smallest absolute Gasteiger partial charge is 0.288 e. The number of alkyl halides is 2. The summed E-state index contributed by atoms with van der Waals surface area (Å²) >= 11 is 0.601. The number of hydrogen-bond donors (Lipinski definition) is 1. The topological polar surface area (TPSA) is 15.3 Å². The summed E-state index contributed by atoms with van der Waals surface area (Å²) in [6.07, 6.45) is 1.05. The lowest BCUT2D eigenvalue weighted by Gasteiger charge is -2.17. The minimum absolute atomic E-state index is 0.337. The fourth-order valence-electron chi connectivity index (χ4n) is 2.30. The van der Waals surface area contributed by atoms with E-state index >= 15 is 0 Å². The molecule has 1 aromatic rings. The van der Waals surface area contributed by atoms with E-state index in [1.54, 1.807) is 12.1 Å². The molecule has 0 aromatic heterocycles. The summed E-state index contributed by atoms with van der Waals surface area (Å²) in [7, 11) is 2.09. The average molecular weight is 272 g/mol. The van der Waals surface area contributed by atoms with E-state index in [2.05, 4.69) is 24.2 Å². The van der Waals surface area contributed by atoms with Crippen molar-refractivity contribution in [3.05, 3.63) is 24.3 Å². The highest BCUT2D eigenvalue weighted by molar-refractivity contribution is 7.99. The highest BCUT2D eigenvalue weighted by atomic mass is 32.2. The number of para-hydroxylation sites is 1. The largest absolute Gasteiger partial charge is 0.380 e. The molecule has 1 heterocycles. The molecule has 0 saturated carbocycles. The van der Waals surface area contributed by atoms with Crippen LogP contribution in [0.15, 0.2) is 29.2 Å². The molecule has 1 aromatic carbocycles. The van der Waals surface area contributed by atoms with Gasteiger partial charge in [-0.05, 0) is 32.5 Å². The number of likely N-dealkylation sites (tertiary alicyclic amines) is 1. The Morgan fingerprint density at radius 1 is 1.39 bits per heavy atom. The SMILES string of the molecule is CC1CC(Nc2ccccc2SC(F)F)CN1C. The molecule has 100 valence electrons. The Hall–Kier alpha value is -0.810. The molecule has 0 radical (unpaired) electrons. The number of hydrogen-bond acceptors (Lipinski definition) is 3. The molecule has 1 aliphatic heterocycles. The Morgan fingerprint density at radius 3 is 2.72 bits per heavy atom. The predicted molar refractivity (Wildman–Crippen MR) is 72.4 cm³/mol. The van der Waals surface area contributed by atoms with Crippen LogP contribution in [-0.4, -0.2) is 36.3 Å². The van der Waals surface area contributed by atoms with Gasteiger partial charge in [0.25, 0.3) is 5.76 Å². The highest BCUT2D eigenvalue weighted by Crippen LogP contribution is 2.32. The van der Waals surface area contributed by atoms with E-state index in [1.807, 2.05) is 12.1 Å². The molecule has 2 nitrogen and oxygen atoms in total. The fraction of sp³-hybridized carbons (Fsp3) is 0.538. The standard InChI is InChI=1S/C13H18F2N2S/c1-9-7-10(8-17(9)2)16-11-5-3-4-6-12(11)18-13(14)15/h3-6,9-10,13,16H,7-8H2,1-2H3. The second-order valence-corrected chi connectivity index (χ2v) is 5.77. The molecule has 2 atom stereocenters. The average Bonchev–Trinajstić information content (AvgIpc) is 2.60. The number of nitrogens with zero attached hydrogens (tertiary/aromatic N) is 1. The van der Waals surface area contributed by atoms with Crippen LogP contribution in [0.2, 0.25) is 0 Å². The van der Waals surface area contributed by atoms with Crippen LogP contribution in [0.25, 0.3) is 0 Å². The van der Waals surface area contributed by atoms with Gasteiger partial charge in [0.05, 0.1) is 0 Å². The molecule has 0 aliphatic carbocycles. The number of benzene rings is 1. The number of likely N-dealkylation sites (N-methyl/N-ethyl adjacent to an activating group) is 1. The third kappa shape index (κ3) is 3.36. The van der Waals surface area contributed by atoms with Gasteiger partial charge < -0.3 is 10.2 Å². The van der Waals surface area contributed by atoms with E-state index in [0.717, 1.165) is 18.7 Å². The lowest BCUT2D eigenvalue weighted by atomic mass is 10.2. The van der Waals surface area contributed by atoms with Crippen molar-refractivity contribution >= 4 is 17.4 Å². The molecule has 1 fully saturated rings. The van der Waals surface area contributed by atoms with Gasteiger partial charge in [-0.3, -0.25) is 0 Å². The van der Waals surface area contributed by atoms with Crippen LogP contribution < -0.4 is 5.32 Å². The first-order valence-electron chi connectivity index (χ1n) is 6.07. The normalized spacial score (nSPS) is 24.7. The molecule has 0 amide bonds. The molecule has 1 N–H and O–H groups in total. The molecule has 2 unspecified atom stereocenters. The van der Waals surface area contributed by atoms with Gasteiger partial charge in [0.15, 0.2) is 0 Å². The molecular formula is C13H18F2N2S. The van der Waals surface area contributed by atoms with E-state index in [9.17, 15) is 8.78 Å². The zero-order valence-electron chi connectivity index (χ0n) is 10.6. The van der Waals surface area contributed by atoms with Crippen LogP contribution in [0.4, 0.5) is 14.5 Å². The van der Waals surface area contributed by atoms with Gasteiger partial charge in [-0.25, -0.2) is 0 Å². The monoisotopic (exact) mass is 272 g/mol. The van der Waals surface area contributed by atoms with Gasteiger partial charge in [-0.15, -0.1) is 0 Å². The number of anilines is 1. The first-order chi connectivity index (χ1) is 8.56. The third-order valence-electron chi connectivity index (χ3n) is 3.35. The van der Waals surface area contributed by atoms with Gasteiger partial charge in [0.1, 0.15) is 0 Å². The van der Waals surface area contributed by atoms with Crippen molar-refractivity contribution in [3.63, 3.8) is 0 Å². The van der Waals surface area contributed by atoms with Gasteiger partial charge in [0.2, 0.25) is 0 Å². The van der Waals surface area contributed by atoms with Gasteiger partial charge in [-0.1, -0.05) is 23.9 Å². The Bertz CT molecular complexity index is 390. The summed E-state index contributed by atoms with van der Waals surface area (Å²) < 4.78 is 24.9. The third-order valence-corrected chi connectivity index (χ3v) is 4.14. The summed E-state index contributed by atoms with van der Waals surface area (Å²) in [6.45, 7) is 3.14. The van der Waals surface area contributed by atoms with Crippen molar-refractivity contribution in [1.82, 2.24) is 4.90 Å². The van der Waals surface area contributed by atoms with Gasteiger partial charge in [0, 0.05) is 29.2 Å². The zero-order chi connectivity index (χ0) is 13.1. The highest BCUT2D eigenvalue weighted by Gasteiger charge is 2.26. The van der Waals surface area contributed by atoms with Crippen LogP contribution in [0.1, 0.15) is 13.3 Å². The number of nitrogens with one attached hydrogen (secondary N) is 1. The maximum Gasteiger partial charge on any atom is 0.288 e. The first-order valence-corrected chi connectivity index (χ1v) is 6.95. The maximum absolute atomic E-state index is 12.5. The van der Waals surface area contributed by atoms with E-state index in [1.165, 1.54) is 0 Å². The summed E-state index contributed by atoms with van der Waals surface area (Å²) in [6, 6.07) is 8.15. The predicted octanol–water partition coefficient (Wildman–Crippen LogP) is 3.51. The van der Waals surface area contributed by atoms with Crippen molar-refractivity contribution in [2.24, 2.45) is 0 Å². The van der Waals surface area contributed by atoms with Crippen molar-refractivity contribution in [1.29, 1.82) is 0 Å². The zero-order valence-corrected chi connectivity index (χ0v) is 11.4. The Balaban J connectivity index is 2.05. The minimum Gasteiger partial charge on any atom is -0.380 e. The number of rotatable bonds is 4.